The van der Waals surface area contributed by atoms with E-state index in [9.17, 15) is 9.59 Å². The van der Waals surface area contributed by atoms with Crippen LogP contribution in [0.2, 0.25) is 0 Å². The molecule has 0 saturated heterocycles. The van der Waals surface area contributed by atoms with E-state index in [4.69, 9.17) is 4.74 Å². The highest BCUT2D eigenvalue weighted by molar-refractivity contribution is 6.12. The molecule has 0 aliphatic rings. The normalized spacial score (nSPS) is 11.0. The summed E-state index contributed by atoms with van der Waals surface area (Å²) in [5.74, 6) is 1.30. The molecule has 0 atom stereocenters. The Balaban J connectivity index is 2.69. The van der Waals surface area contributed by atoms with Crippen LogP contribution in [-0.4, -0.2) is 19.2 Å². The maximum absolute atomic E-state index is 13.5. The first kappa shape index (κ1) is 19.9. The van der Waals surface area contributed by atoms with Gasteiger partial charge in [-0.05, 0) is 60.1 Å². The van der Waals surface area contributed by atoms with Crippen molar-refractivity contribution in [3.63, 3.8) is 0 Å². The van der Waals surface area contributed by atoms with Gasteiger partial charge in [0.2, 0.25) is 0 Å². The monoisotopic (exact) mass is 352 g/mol. The summed E-state index contributed by atoms with van der Waals surface area (Å²) in [7, 11) is 1.58. The van der Waals surface area contributed by atoms with Gasteiger partial charge in [-0.25, -0.2) is 0 Å². The number of ether oxygens (including phenoxy) is 1. The molecule has 138 valence electrons. The molecule has 0 amide bonds. The smallest absolute Gasteiger partial charge is 0.197 e. The molecular weight excluding hydrogens is 324 g/mol. The fourth-order valence-electron chi connectivity index (χ4n) is 3.32. The predicted octanol–water partition coefficient (Wildman–Crippen LogP) is 5.14. The van der Waals surface area contributed by atoms with Gasteiger partial charge in [-0.15, -0.1) is 0 Å². The van der Waals surface area contributed by atoms with Crippen molar-refractivity contribution < 1.29 is 14.3 Å². The molecule has 0 aliphatic carbocycles. The standard InChI is InChI=1S/C23H28O3/c1-15(2)10-18-12-17(14-24)13-19(11-16(3)4)22(18)23(25)20-8-6-7-9-21(20)26-5/h6-9,12-16H,10-11H2,1-5H3. The van der Waals surface area contributed by atoms with E-state index in [1.807, 2.05) is 24.3 Å². The lowest BCUT2D eigenvalue weighted by Gasteiger charge is -2.19. The molecular formula is C23H28O3. The van der Waals surface area contributed by atoms with Crippen molar-refractivity contribution in [1.82, 2.24) is 0 Å². The first-order chi connectivity index (χ1) is 12.4. The molecule has 2 aromatic rings. The zero-order valence-electron chi connectivity index (χ0n) is 16.3. The van der Waals surface area contributed by atoms with Crippen LogP contribution in [0.5, 0.6) is 5.75 Å². The minimum atomic E-state index is -0.0359. The molecule has 0 fully saturated rings. The first-order valence-electron chi connectivity index (χ1n) is 9.16. The molecule has 0 radical (unpaired) electrons. The average molecular weight is 352 g/mol. The third-order valence-electron chi connectivity index (χ3n) is 4.30. The summed E-state index contributed by atoms with van der Waals surface area (Å²) in [5, 5.41) is 0. The van der Waals surface area contributed by atoms with E-state index >= 15 is 0 Å². The van der Waals surface area contributed by atoms with Crippen molar-refractivity contribution in [3.8, 4) is 5.75 Å². The SMILES string of the molecule is COc1ccccc1C(=O)c1c(CC(C)C)cc(C=O)cc1CC(C)C. The average Bonchev–Trinajstić information content (AvgIpc) is 2.59. The van der Waals surface area contributed by atoms with Crippen LogP contribution in [0.4, 0.5) is 0 Å². The number of para-hydroxylation sites is 1. The Morgan fingerprint density at radius 3 is 2.00 bits per heavy atom. The van der Waals surface area contributed by atoms with Crippen LogP contribution in [-0.2, 0) is 12.8 Å². The van der Waals surface area contributed by atoms with Crippen LogP contribution < -0.4 is 4.74 Å². The van der Waals surface area contributed by atoms with Crippen LogP contribution in [0.15, 0.2) is 36.4 Å². The molecule has 0 heterocycles. The topological polar surface area (TPSA) is 43.4 Å². The van der Waals surface area contributed by atoms with Gasteiger partial charge in [0, 0.05) is 11.1 Å². The summed E-state index contributed by atoms with van der Waals surface area (Å²) in [4.78, 5) is 24.9. The lowest BCUT2D eigenvalue weighted by Crippen LogP contribution is -2.14. The van der Waals surface area contributed by atoms with Gasteiger partial charge in [0.15, 0.2) is 5.78 Å². The molecule has 3 heteroatoms. The largest absolute Gasteiger partial charge is 0.496 e. The number of hydrogen-bond donors (Lipinski definition) is 0. The zero-order chi connectivity index (χ0) is 19.3. The molecule has 2 aromatic carbocycles. The summed E-state index contributed by atoms with van der Waals surface area (Å²) in [6, 6.07) is 11.0. The number of hydrogen-bond acceptors (Lipinski definition) is 3. The van der Waals surface area contributed by atoms with Crippen LogP contribution in [0.3, 0.4) is 0 Å². The number of methoxy groups -OCH3 is 1. The fraction of sp³-hybridized carbons (Fsp3) is 0.391. The Morgan fingerprint density at radius 1 is 1.00 bits per heavy atom. The van der Waals surface area contributed by atoms with Gasteiger partial charge in [-0.2, -0.15) is 0 Å². The maximum Gasteiger partial charge on any atom is 0.197 e. The molecule has 0 spiro atoms. The van der Waals surface area contributed by atoms with E-state index in [1.54, 1.807) is 19.2 Å². The van der Waals surface area contributed by atoms with Gasteiger partial charge in [0.1, 0.15) is 12.0 Å². The Hall–Kier alpha value is -2.42. The van der Waals surface area contributed by atoms with Gasteiger partial charge < -0.3 is 4.74 Å². The predicted molar refractivity (Wildman–Crippen MR) is 105 cm³/mol. The molecule has 0 N–H and O–H groups in total. The van der Waals surface area contributed by atoms with Gasteiger partial charge in [0.05, 0.1) is 12.7 Å². The highest BCUT2D eigenvalue weighted by atomic mass is 16.5. The molecule has 2 rings (SSSR count). The quantitative estimate of drug-likeness (QED) is 0.488. The number of rotatable bonds is 8. The van der Waals surface area contributed by atoms with Crippen LogP contribution >= 0.6 is 0 Å². The van der Waals surface area contributed by atoms with Crippen molar-refractivity contribution in [3.05, 3.63) is 64.2 Å². The third kappa shape index (κ3) is 4.60. The van der Waals surface area contributed by atoms with Crippen molar-refractivity contribution in [2.24, 2.45) is 11.8 Å². The van der Waals surface area contributed by atoms with Crippen molar-refractivity contribution in [2.45, 2.75) is 40.5 Å². The van der Waals surface area contributed by atoms with E-state index in [2.05, 4.69) is 27.7 Å². The van der Waals surface area contributed by atoms with Crippen molar-refractivity contribution in [2.75, 3.05) is 7.11 Å². The number of aldehydes is 1. The maximum atomic E-state index is 13.5. The second kappa shape index (κ2) is 8.79. The number of benzene rings is 2. The third-order valence-corrected chi connectivity index (χ3v) is 4.30. The number of carbonyl (C=O) groups is 2. The van der Waals surface area contributed by atoms with Gasteiger partial charge in [-0.1, -0.05) is 39.8 Å². The van der Waals surface area contributed by atoms with Crippen LogP contribution in [0.25, 0.3) is 0 Å². The Bertz CT molecular complexity index is 757. The van der Waals surface area contributed by atoms with E-state index in [0.717, 1.165) is 35.8 Å². The van der Waals surface area contributed by atoms with Crippen molar-refractivity contribution >= 4 is 12.1 Å². The zero-order valence-corrected chi connectivity index (χ0v) is 16.3. The highest BCUT2D eigenvalue weighted by Crippen LogP contribution is 2.29. The lowest BCUT2D eigenvalue weighted by atomic mass is 9.85. The minimum absolute atomic E-state index is 0.0359. The van der Waals surface area contributed by atoms with E-state index < -0.39 is 0 Å². The molecule has 0 aromatic heterocycles. The fourth-order valence-corrected chi connectivity index (χ4v) is 3.32. The van der Waals surface area contributed by atoms with Gasteiger partial charge in [0.25, 0.3) is 0 Å². The van der Waals surface area contributed by atoms with E-state index in [1.165, 1.54) is 0 Å². The van der Waals surface area contributed by atoms with E-state index in [-0.39, 0.29) is 5.78 Å². The molecule has 0 saturated carbocycles. The van der Waals surface area contributed by atoms with Gasteiger partial charge in [-0.3, -0.25) is 9.59 Å². The lowest BCUT2D eigenvalue weighted by molar-refractivity contribution is 0.103. The molecule has 26 heavy (non-hydrogen) atoms. The summed E-state index contributed by atoms with van der Waals surface area (Å²) in [5.41, 5.74) is 3.80. The van der Waals surface area contributed by atoms with Crippen molar-refractivity contribution in [1.29, 1.82) is 0 Å². The molecule has 3 nitrogen and oxygen atoms in total. The Labute approximate surface area is 156 Å². The minimum Gasteiger partial charge on any atom is -0.496 e. The Morgan fingerprint density at radius 2 is 1.54 bits per heavy atom. The second-order valence-electron chi connectivity index (χ2n) is 7.56. The molecule has 0 bridgehead atoms. The summed E-state index contributed by atoms with van der Waals surface area (Å²) >= 11 is 0. The first-order valence-corrected chi connectivity index (χ1v) is 9.16. The highest BCUT2D eigenvalue weighted by Gasteiger charge is 2.22. The molecule has 0 aliphatic heterocycles. The number of ketones is 1. The summed E-state index contributed by atoms with van der Waals surface area (Å²) in [6.07, 6.45) is 2.37. The number of carbonyl (C=O) groups excluding carboxylic acids is 2. The Kier molecular flexibility index (Phi) is 6.73. The molecule has 0 unspecified atom stereocenters. The van der Waals surface area contributed by atoms with Crippen LogP contribution in [0, 0.1) is 11.8 Å². The summed E-state index contributed by atoms with van der Waals surface area (Å²) < 4.78 is 5.40. The van der Waals surface area contributed by atoms with Crippen LogP contribution in [0.1, 0.15) is 65.1 Å². The summed E-state index contributed by atoms with van der Waals surface area (Å²) in [6.45, 7) is 8.47. The second-order valence-corrected chi connectivity index (χ2v) is 7.56. The van der Waals surface area contributed by atoms with Gasteiger partial charge >= 0.3 is 0 Å². The van der Waals surface area contributed by atoms with E-state index in [0.29, 0.717) is 28.7 Å².